The fraction of sp³-hybridized carbons (Fsp3) is 0.600. The van der Waals surface area contributed by atoms with E-state index in [0.717, 1.165) is 24.1 Å². The Morgan fingerprint density at radius 3 is 2.57 bits per heavy atom. The van der Waals surface area contributed by atoms with Crippen molar-refractivity contribution in [1.29, 1.82) is 0 Å². The number of fused-ring (bicyclic) bond motifs is 1. The Morgan fingerprint density at radius 1 is 1.20 bits per heavy atom. The number of Topliss-reactive ketones (excluding diaryl/α,β-unsaturated/α-hetero) is 1. The standard InChI is InChI=1S/C45H68N4O7/c1-8-47-37(18-17-27(2)3)28(4)12-9-14-32(26-51)34-20-22-45(41(34)54)36(16-11-23-50)33(19-21-44(45,7)56)30(6)38(53)24-31-13-10-15-35-39(31)40(48-25-29(5)52)43(55)49-42(35)46/h9-10,12-15,17,29,34,36-37,40-42,47-48,50-52,54,56H,4,8,11,16,18-26,46H2,1-3,5-7H3,(H,49,55). The van der Waals surface area contributed by atoms with Gasteiger partial charge in [0, 0.05) is 36.9 Å². The van der Waals surface area contributed by atoms with E-state index in [0.29, 0.717) is 66.4 Å². The third-order valence-corrected chi connectivity index (χ3v) is 12.6. The van der Waals surface area contributed by atoms with Gasteiger partial charge in [0.05, 0.1) is 24.4 Å². The molecule has 11 nitrogen and oxygen atoms in total. The van der Waals surface area contributed by atoms with Gasteiger partial charge in [-0.05, 0) is 125 Å². The number of allylic oxidation sites excluding steroid dienone is 5. The quantitative estimate of drug-likeness (QED) is 0.0590. The first kappa shape index (κ1) is 45.4. The number of rotatable bonds is 18. The SMILES string of the molecule is C=C(C=CC=C(CO)C1CCC2(C(CCCO)C(=C(C)C(=O)Cc3cccc4c3C(NCC(C)O)C(=O)NC4N)CCC2(C)O)C1O)C(CC=C(C)C)NCC. The molecule has 3 aliphatic rings. The number of aliphatic hydroxyl groups excluding tert-OH is 4. The average Bonchev–Trinajstić information content (AvgIpc) is 3.49. The number of carbonyl (C=O) groups excluding carboxylic acids is 2. The van der Waals surface area contributed by atoms with Crippen molar-refractivity contribution in [2.24, 2.45) is 23.0 Å². The third kappa shape index (κ3) is 9.88. The number of likely N-dealkylation sites (N-methyl/N-ethyl adjacent to an activating group) is 1. The van der Waals surface area contributed by atoms with Crippen molar-refractivity contribution < 1.29 is 35.1 Å². The van der Waals surface area contributed by atoms with Crippen LogP contribution < -0.4 is 21.7 Å². The van der Waals surface area contributed by atoms with Gasteiger partial charge in [0.15, 0.2) is 5.78 Å². The van der Waals surface area contributed by atoms with Gasteiger partial charge < -0.3 is 41.9 Å². The summed E-state index contributed by atoms with van der Waals surface area (Å²) >= 11 is 0. The molecule has 56 heavy (non-hydrogen) atoms. The van der Waals surface area contributed by atoms with E-state index in [1.54, 1.807) is 13.8 Å². The number of benzene rings is 1. The maximum Gasteiger partial charge on any atom is 0.243 e. The summed E-state index contributed by atoms with van der Waals surface area (Å²) < 4.78 is 0. The van der Waals surface area contributed by atoms with Gasteiger partial charge in [0.25, 0.3) is 0 Å². The van der Waals surface area contributed by atoms with E-state index in [-0.39, 0.29) is 43.9 Å². The van der Waals surface area contributed by atoms with E-state index in [2.05, 4.69) is 49.4 Å². The summed E-state index contributed by atoms with van der Waals surface area (Å²) in [5.74, 6) is -1.31. The van der Waals surface area contributed by atoms with Gasteiger partial charge >= 0.3 is 0 Å². The van der Waals surface area contributed by atoms with E-state index in [1.165, 1.54) is 5.57 Å². The van der Waals surface area contributed by atoms with Crippen molar-refractivity contribution in [1.82, 2.24) is 16.0 Å². The fourth-order valence-corrected chi connectivity index (χ4v) is 9.56. The topological polar surface area (TPSA) is 197 Å². The van der Waals surface area contributed by atoms with Crippen LogP contribution >= 0.6 is 0 Å². The van der Waals surface area contributed by atoms with Crippen LogP contribution in [0.5, 0.6) is 0 Å². The molecule has 1 spiro atoms. The Labute approximate surface area is 333 Å². The molecule has 10 N–H and O–H groups in total. The van der Waals surface area contributed by atoms with Crippen molar-refractivity contribution in [3.63, 3.8) is 0 Å². The van der Waals surface area contributed by atoms with Crippen LogP contribution in [0.15, 0.2) is 76.9 Å². The van der Waals surface area contributed by atoms with Gasteiger partial charge in [0.2, 0.25) is 5.91 Å². The number of hydrogen-bond donors (Lipinski definition) is 9. The van der Waals surface area contributed by atoms with Crippen molar-refractivity contribution in [3.05, 3.63) is 93.6 Å². The van der Waals surface area contributed by atoms with Crippen LogP contribution in [0.4, 0.5) is 0 Å². The van der Waals surface area contributed by atoms with Crippen LogP contribution in [0.3, 0.4) is 0 Å². The fourth-order valence-electron chi connectivity index (χ4n) is 9.56. The predicted octanol–water partition coefficient (Wildman–Crippen LogP) is 4.27. The Bertz CT molecular complexity index is 1690. The molecule has 9 unspecified atom stereocenters. The Hall–Kier alpha value is -3.26. The van der Waals surface area contributed by atoms with Gasteiger partial charge in [-0.25, -0.2) is 0 Å². The molecular weight excluding hydrogens is 709 g/mol. The summed E-state index contributed by atoms with van der Waals surface area (Å²) in [6.45, 7) is 16.3. The van der Waals surface area contributed by atoms with Crippen molar-refractivity contribution in [2.45, 2.75) is 129 Å². The second-order valence-corrected chi connectivity index (χ2v) is 16.6. The number of carbonyl (C=O) groups is 2. The summed E-state index contributed by atoms with van der Waals surface area (Å²) in [4.78, 5) is 27.5. The van der Waals surface area contributed by atoms with Gasteiger partial charge in [-0.15, -0.1) is 0 Å². The highest BCUT2D eigenvalue weighted by molar-refractivity contribution is 5.98. The zero-order valence-corrected chi connectivity index (χ0v) is 34.4. The third-order valence-electron chi connectivity index (χ3n) is 12.6. The van der Waals surface area contributed by atoms with E-state index in [4.69, 9.17) is 5.73 Å². The van der Waals surface area contributed by atoms with Gasteiger partial charge in [0.1, 0.15) is 12.2 Å². The molecule has 2 saturated carbocycles. The largest absolute Gasteiger partial charge is 0.396 e. The van der Waals surface area contributed by atoms with Crippen LogP contribution in [0.1, 0.15) is 115 Å². The number of nitrogens with one attached hydrogen (secondary N) is 3. The lowest BCUT2D eigenvalue weighted by Crippen LogP contribution is -2.59. The van der Waals surface area contributed by atoms with E-state index in [9.17, 15) is 35.1 Å². The maximum absolute atomic E-state index is 14.4. The molecule has 310 valence electrons. The highest BCUT2D eigenvalue weighted by Crippen LogP contribution is 2.63. The van der Waals surface area contributed by atoms with Crippen molar-refractivity contribution in [3.8, 4) is 0 Å². The minimum absolute atomic E-state index is 0.00462. The normalized spacial score (nSPS) is 29.9. The van der Waals surface area contributed by atoms with Crippen molar-refractivity contribution >= 4 is 11.7 Å². The van der Waals surface area contributed by atoms with Crippen molar-refractivity contribution in [2.75, 3.05) is 26.3 Å². The monoisotopic (exact) mass is 777 g/mol. The molecule has 11 heteroatoms. The number of hydrogen-bond acceptors (Lipinski definition) is 10. The second-order valence-electron chi connectivity index (χ2n) is 16.6. The molecule has 1 aromatic rings. The molecule has 2 aliphatic carbocycles. The zero-order valence-electron chi connectivity index (χ0n) is 34.4. The van der Waals surface area contributed by atoms with E-state index >= 15 is 0 Å². The maximum atomic E-state index is 14.4. The number of aliphatic hydroxyl groups is 5. The lowest BCUT2D eigenvalue weighted by molar-refractivity contribution is -0.167. The molecule has 1 aliphatic heterocycles. The smallest absolute Gasteiger partial charge is 0.243 e. The molecule has 1 aromatic carbocycles. The van der Waals surface area contributed by atoms with Crippen LogP contribution in [0.2, 0.25) is 0 Å². The minimum Gasteiger partial charge on any atom is -0.396 e. The number of nitrogens with two attached hydrogens (primary N) is 1. The molecule has 0 bridgehead atoms. The first-order chi connectivity index (χ1) is 26.5. The molecule has 0 aromatic heterocycles. The summed E-state index contributed by atoms with van der Waals surface area (Å²) in [7, 11) is 0. The second kappa shape index (κ2) is 19.9. The van der Waals surface area contributed by atoms with Gasteiger partial charge in [-0.2, -0.15) is 0 Å². The average molecular weight is 777 g/mol. The van der Waals surface area contributed by atoms with Gasteiger partial charge in [-0.3, -0.25) is 14.9 Å². The highest BCUT2D eigenvalue weighted by Gasteiger charge is 2.64. The highest BCUT2D eigenvalue weighted by atomic mass is 16.3. The molecule has 1 amide bonds. The summed E-state index contributed by atoms with van der Waals surface area (Å²) in [5, 5.41) is 64.7. The van der Waals surface area contributed by atoms with Crippen LogP contribution in [-0.4, -0.2) is 87.4 Å². The summed E-state index contributed by atoms with van der Waals surface area (Å²) in [6.07, 6.45) is 8.87. The summed E-state index contributed by atoms with van der Waals surface area (Å²) in [5.41, 5.74) is 10.2. The number of amides is 1. The van der Waals surface area contributed by atoms with E-state index in [1.807, 2.05) is 43.4 Å². The zero-order chi connectivity index (χ0) is 41.4. The number of ketones is 1. The van der Waals surface area contributed by atoms with Crippen LogP contribution in [-0.2, 0) is 16.0 Å². The molecule has 1 heterocycles. The molecule has 4 rings (SSSR count). The first-order valence-electron chi connectivity index (χ1n) is 20.4. The molecular formula is C45H68N4O7. The molecule has 2 fully saturated rings. The predicted molar refractivity (Wildman–Crippen MR) is 221 cm³/mol. The molecule has 9 atom stereocenters. The molecule has 0 saturated heterocycles. The molecule has 0 radical (unpaired) electrons. The minimum atomic E-state index is -1.28. The summed E-state index contributed by atoms with van der Waals surface area (Å²) in [6, 6.07) is 4.75. The van der Waals surface area contributed by atoms with Crippen LogP contribution in [0, 0.1) is 17.3 Å². The van der Waals surface area contributed by atoms with Gasteiger partial charge in [-0.1, -0.05) is 67.2 Å². The van der Waals surface area contributed by atoms with E-state index < -0.39 is 47.3 Å². The van der Waals surface area contributed by atoms with Crippen LogP contribution in [0.25, 0.3) is 0 Å². The Morgan fingerprint density at radius 2 is 1.93 bits per heavy atom. The first-order valence-corrected chi connectivity index (χ1v) is 20.4. The Kier molecular flexibility index (Phi) is 16.2. The lowest BCUT2D eigenvalue weighted by Gasteiger charge is -2.55. The lowest BCUT2D eigenvalue weighted by atomic mass is 9.52. The Balaban J connectivity index is 1.68.